The number of hydrogen-bond donors (Lipinski definition) is 2. The third-order valence-corrected chi connectivity index (χ3v) is 1.67. The van der Waals surface area contributed by atoms with Gasteiger partial charge in [0.15, 0.2) is 0 Å². The Balaban J connectivity index is 2.42. The van der Waals surface area contributed by atoms with Crippen molar-refractivity contribution in [2.45, 2.75) is 19.5 Å². The molecule has 0 saturated heterocycles. The summed E-state index contributed by atoms with van der Waals surface area (Å²) in [5.41, 5.74) is 0. The molecule has 0 aliphatic rings. The lowest BCUT2D eigenvalue weighted by molar-refractivity contribution is 0.248. The first-order valence-corrected chi connectivity index (χ1v) is 4.09. The monoisotopic (exact) mass is 180 g/mol. The van der Waals surface area contributed by atoms with Crippen LogP contribution < -0.4 is 5.32 Å². The van der Waals surface area contributed by atoms with Gasteiger partial charge in [-0.3, -0.25) is 0 Å². The van der Waals surface area contributed by atoms with E-state index in [2.05, 4.69) is 5.32 Å². The van der Waals surface area contributed by atoms with E-state index in [9.17, 15) is 0 Å². The van der Waals surface area contributed by atoms with Crippen LogP contribution in [0.2, 0.25) is 0 Å². The van der Waals surface area contributed by atoms with Gasteiger partial charge in [0.2, 0.25) is 5.76 Å². The number of aliphatic hydroxyl groups excluding tert-OH is 1. The van der Waals surface area contributed by atoms with Crippen molar-refractivity contribution in [3.8, 4) is 6.07 Å². The van der Waals surface area contributed by atoms with Crippen LogP contribution in [0.15, 0.2) is 16.5 Å². The van der Waals surface area contributed by atoms with Crippen LogP contribution in [0.5, 0.6) is 0 Å². The van der Waals surface area contributed by atoms with Crippen molar-refractivity contribution in [1.82, 2.24) is 5.32 Å². The second-order valence-corrected chi connectivity index (χ2v) is 2.84. The fourth-order valence-electron chi connectivity index (χ4n) is 0.872. The molecule has 4 nitrogen and oxygen atoms in total. The van der Waals surface area contributed by atoms with Crippen LogP contribution in [0, 0.1) is 11.3 Å². The fraction of sp³-hybridized carbons (Fsp3) is 0.444. The third kappa shape index (κ3) is 2.90. The Morgan fingerprint density at radius 3 is 3.00 bits per heavy atom. The van der Waals surface area contributed by atoms with E-state index >= 15 is 0 Å². The van der Waals surface area contributed by atoms with E-state index in [4.69, 9.17) is 14.8 Å². The molecule has 0 spiro atoms. The summed E-state index contributed by atoms with van der Waals surface area (Å²) in [6.07, 6.45) is 0. The van der Waals surface area contributed by atoms with Gasteiger partial charge in [-0.1, -0.05) is 0 Å². The van der Waals surface area contributed by atoms with Gasteiger partial charge in [-0.05, 0) is 19.1 Å². The van der Waals surface area contributed by atoms with Crippen molar-refractivity contribution in [3.05, 3.63) is 23.7 Å². The Kier molecular flexibility index (Phi) is 3.50. The first kappa shape index (κ1) is 9.78. The molecule has 0 fully saturated rings. The summed E-state index contributed by atoms with van der Waals surface area (Å²) in [6, 6.07) is 5.31. The Labute approximate surface area is 76.8 Å². The number of nitrogens with one attached hydrogen (secondary N) is 1. The van der Waals surface area contributed by atoms with Crippen molar-refractivity contribution < 1.29 is 9.52 Å². The molecule has 0 radical (unpaired) electrons. The van der Waals surface area contributed by atoms with E-state index in [0.717, 1.165) is 0 Å². The average molecular weight is 180 g/mol. The van der Waals surface area contributed by atoms with Gasteiger partial charge in [0, 0.05) is 6.04 Å². The maximum Gasteiger partial charge on any atom is 0.203 e. The Bertz CT molecular complexity index is 301. The van der Waals surface area contributed by atoms with Gasteiger partial charge in [-0.25, -0.2) is 0 Å². The predicted octanol–water partition coefficient (Wildman–Crippen LogP) is 0.622. The largest absolute Gasteiger partial charge is 0.449 e. The van der Waals surface area contributed by atoms with Gasteiger partial charge in [0.1, 0.15) is 11.8 Å². The normalized spacial score (nSPS) is 12.4. The Hall–Kier alpha value is -1.31. The first-order valence-electron chi connectivity index (χ1n) is 4.09. The van der Waals surface area contributed by atoms with Gasteiger partial charge in [-0.15, -0.1) is 0 Å². The van der Waals surface area contributed by atoms with Crippen molar-refractivity contribution in [3.63, 3.8) is 0 Å². The molecular formula is C9H12N2O2. The number of nitriles is 1. The van der Waals surface area contributed by atoms with Crippen LogP contribution in [0.4, 0.5) is 0 Å². The zero-order valence-corrected chi connectivity index (χ0v) is 7.45. The Morgan fingerprint density at radius 2 is 2.46 bits per heavy atom. The summed E-state index contributed by atoms with van der Waals surface area (Å²) >= 11 is 0. The van der Waals surface area contributed by atoms with E-state index in [0.29, 0.717) is 18.1 Å². The van der Waals surface area contributed by atoms with Gasteiger partial charge in [-0.2, -0.15) is 5.26 Å². The molecule has 1 rings (SSSR count). The van der Waals surface area contributed by atoms with Crippen LogP contribution in [0.1, 0.15) is 18.4 Å². The minimum Gasteiger partial charge on any atom is -0.449 e. The highest BCUT2D eigenvalue weighted by Crippen LogP contribution is 2.05. The molecule has 1 aromatic rings. The molecule has 0 aromatic carbocycles. The highest BCUT2D eigenvalue weighted by Gasteiger charge is 2.02. The summed E-state index contributed by atoms with van der Waals surface area (Å²) in [4.78, 5) is 0. The first-order chi connectivity index (χ1) is 6.26. The number of furan rings is 1. The molecule has 0 aliphatic carbocycles. The van der Waals surface area contributed by atoms with E-state index in [-0.39, 0.29) is 12.6 Å². The third-order valence-electron chi connectivity index (χ3n) is 1.67. The van der Waals surface area contributed by atoms with Gasteiger partial charge >= 0.3 is 0 Å². The van der Waals surface area contributed by atoms with Gasteiger partial charge in [0.25, 0.3) is 0 Å². The Morgan fingerprint density at radius 1 is 1.69 bits per heavy atom. The maximum absolute atomic E-state index is 8.72. The molecule has 0 amide bonds. The molecule has 1 aromatic heterocycles. The SMILES string of the molecule is CC(CO)NCc1ccc(C#N)o1. The zero-order chi connectivity index (χ0) is 9.68. The molecule has 0 aliphatic heterocycles. The minimum atomic E-state index is 0.0376. The number of hydrogen-bond acceptors (Lipinski definition) is 4. The van der Waals surface area contributed by atoms with Gasteiger partial charge < -0.3 is 14.8 Å². The number of aliphatic hydroxyl groups is 1. The molecule has 2 N–H and O–H groups in total. The van der Waals surface area contributed by atoms with Crippen LogP contribution in [0.25, 0.3) is 0 Å². The van der Waals surface area contributed by atoms with E-state index in [1.54, 1.807) is 12.1 Å². The molecule has 13 heavy (non-hydrogen) atoms. The lowest BCUT2D eigenvalue weighted by Gasteiger charge is -2.07. The average Bonchev–Trinajstić information content (AvgIpc) is 2.61. The second-order valence-electron chi connectivity index (χ2n) is 2.84. The lowest BCUT2D eigenvalue weighted by Crippen LogP contribution is -2.28. The number of nitrogens with zero attached hydrogens (tertiary/aromatic N) is 1. The van der Waals surface area contributed by atoms with Crippen LogP contribution in [-0.2, 0) is 6.54 Å². The summed E-state index contributed by atoms with van der Waals surface area (Å²) in [7, 11) is 0. The van der Waals surface area contributed by atoms with Crippen LogP contribution in [0.3, 0.4) is 0 Å². The quantitative estimate of drug-likeness (QED) is 0.712. The molecule has 1 unspecified atom stereocenters. The lowest BCUT2D eigenvalue weighted by atomic mass is 10.3. The molecule has 0 bridgehead atoms. The minimum absolute atomic E-state index is 0.0376. The number of rotatable bonds is 4. The topological polar surface area (TPSA) is 69.2 Å². The standard InChI is InChI=1S/C9H12N2O2/c1-7(6-12)11-5-9-3-2-8(4-10)13-9/h2-3,7,11-12H,5-6H2,1H3. The fourth-order valence-corrected chi connectivity index (χ4v) is 0.872. The molecular weight excluding hydrogens is 168 g/mol. The van der Waals surface area contributed by atoms with E-state index in [1.807, 2.05) is 13.0 Å². The highest BCUT2D eigenvalue weighted by molar-refractivity contribution is 5.18. The highest BCUT2D eigenvalue weighted by atomic mass is 16.3. The summed E-state index contributed by atoms with van der Waals surface area (Å²) in [6.45, 7) is 2.49. The zero-order valence-electron chi connectivity index (χ0n) is 7.45. The van der Waals surface area contributed by atoms with E-state index < -0.39 is 0 Å². The molecule has 1 atom stereocenters. The molecule has 0 saturated carbocycles. The van der Waals surface area contributed by atoms with Crippen molar-refractivity contribution >= 4 is 0 Å². The molecule has 1 heterocycles. The van der Waals surface area contributed by atoms with Crippen molar-refractivity contribution in [1.29, 1.82) is 5.26 Å². The molecule has 4 heteroatoms. The van der Waals surface area contributed by atoms with Crippen LogP contribution >= 0.6 is 0 Å². The maximum atomic E-state index is 8.72. The van der Waals surface area contributed by atoms with Crippen molar-refractivity contribution in [2.24, 2.45) is 0 Å². The summed E-state index contributed by atoms with van der Waals surface area (Å²) in [5, 5.41) is 20.2. The van der Waals surface area contributed by atoms with E-state index in [1.165, 1.54) is 0 Å². The summed E-state index contributed by atoms with van der Waals surface area (Å²) < 4.78 is 5.12. The smallest absolute Gasteiger partial charge is 0.203 e. The summed E-state index contributed by atoms with van der Waals surface area (Å²) in [5.74, 6) is 1.02. The second kappa shape index (κ2) is 4.65. The predicted molar refractivity (Wildman–Crippen MR) is 46.8 cm³/mol. The van der Waals surface area contributed by atoms with Gasteiger partial charge in [0.05, 0.1) is 13.2 Å². The van der Waals surface area contributed by atoms with Crippen LogP contribution in [-0.4, -0.2) is 17.8 Å². The molecule has 70 valence electrons. The van der Waals surface area contributed by atoms with Crippen molar-refractivity contribution in [2.75, 3.05) is 6.61 Å².